The molecule has 0 amide bonds. The quantitative estimate of drug-likeness (QED) is 0.745. The lowest BCUT2D eigenvalue weighted by molar-refractivity contribution is 0.414. The lowest BCUT2D eigenvalue weighted by Gasteiger charge is -2.06. The second-order valence-electron chi connectivity index (χ2n) is 4.58. The van der Waals surface area contributed by atoms with Crippen LogP contribution < -0.4 is 16.2 Å². The Morgan fingerprint density at radius 1 is 1.25 bits per heavy atom. The molecule has 1 aromatic carbocycles. The Hall–Kier alpha value is -2.08. The molecule has 0 spiro atoms. The van der Waals surface area contributed by atoms with Gasteiger partial charge in [-0.25, -0.2) is 14.5 Å². The average Bonchev–Trinajstić information content (AvgIpc) is 2.85. The van der Waals surface area contributed by atoms with Crippen LogP contribution in [0.15, 0.2) is 29.1 Å². The molecule has 6 heteroatoms. The van der Waals surface area contributed by atoms with Gasteiger partial charge in [0.25, 0.3) is 0 Å². The van der Waals surface area contributed by atoms with Crippen LogP contribution in [0.4, 0.5) is 0 Å². The van der Waals surface area contributed by atoms with Gasteiger partial charge < -0.3 is 10.5 Å². The SMILES string of the molecule is COc1ccc(-n2c(CCCCCN)n[nH]c2=O)cc1. The number of unbranched alkanes of at least 4 members (excludes halogenated alkanes) is 2. The minimum Gasteiger partial charge on any atom is -0.497 e. The molecule has 2 aromatic rings. The number of hydrogen-bond donors (Lipinski definition) is 2. The van der Waals surface area contributed by atoms with Gasteiger partial charge >= 0.3 is 5.69 Å². The van der Waals surface area contributed by atoms with Crippen molar-refractivity contribution in [2.24, 2.45) is 5.73 Å². The first-order valence-electron chi connectivity index (χ1n) is 6.77. The number of nitrogens with zero attached hydrogens (tertiary/aromatic N) is 2. The van der Waals surface area contributed by atoms with Crippen LogP contribution in [0.3, 0.4) is 0 Å². The monoisotopic (exact) mass is 276 g/mol. The Labute approximate surface area is 117 Å². The molecule has 0 bridgehead atoms. The summed E-state index contributed by atoms with van der Waals surface area (Å²) < 4.78 is 6.72. The van der Waals surface area contributed by atoms with Gasteiger partial charge in [-0.3, -0.25) is 0 Å². The highest BCUT2D eigenvalue weighted by Gasteiger charge is 2.10. The van der Waals surface area contributed by atoms with Crippen LogP contribution in [-0.2, 0) is 6.42 Å². The van der Waals surface area contributed by atoms with Crippen molar-refractivity contribution < 1.29 is 4.74 Å². The molecule has 0 saturated carbocycles. The fraction of sp³-hybridized carbons (Fsp3) is 0.429. The number of methoxy groups -OCH3 is 1. The lowest BCUT2D eigenvalue weighted by atomic mass is 10.2. The van der Waals surface area contributed by atoms with Crippen molar-refractivity contribution in [2.75, 3.05) is 13.7 Å². The number of aromatic nitrogens is 3. The topological polar surface area (TPSA) is 85.9 Å². The van der Waals surface area contributed by atoms with E-state index < -0.39 is 0 Å². The summed E-state index contributed by atoms with van der Waals surface area (Å²) in [5.74, 6) is 1.51. The summed E-state index contributed by atoms with van der Waals surface area (Å²) in [5.41, 5.74) is 6.04. The summed E-state index contributed by atoms with van der Waals surface area (Å²) in [7, 11) is 1.61. The standard InChI is InChI=1S/C14H20N4O2/c1-20-12-8-6-11(7-9-12)18-13(16-17-14(18)19)5-3-2-4-10-15/h6-9H,2-5,10,15H2,1H3,(H,17,19). The second-order valence-corrected chi connectivity index (χ2v) is 4.58. The van der Waals surface area contributed by atoms with Gasteiger partial charge in [0.1, 0.15) is 11.6 Å². The smallest absolute Gasteiger partial charge is 0.347 e. The molecule has 2 rings (SSSR count). The summed E-state index contributed by atoms with van der Waals surface area (Å²) in [5, 5.41) is 6.60. The predicted octanol–water partition coefficient (Wildman–Crippen LogP) is 1.24. The Morgan fingerprint density at radius 3 is 2.65 bits per heavy atom. The van der Waals surface area contributed by atoms with Crippen LogP contribution in [0.5, 0.6) is 5.75 Å². The summed E-state index contributed by atoms with van der Waals surface area (Å²) in [6.07, 6.45) is 3.76. The van der Waals surface area contributed by atoms with E-state index in [9.17, 15) is 4.79 Å². The van der Waals surface area contributed by atoms with E-state index in [2.05, 4.69) is 10.2 Å². The highest BCUT2D eigenvalue weighted by atomic mass is 16.5. The Bertz CT molecular complexity index is 586. The summed E-state index contributed by atoms with van der Waals surface area (Å²) in [6.45, 7) is 0.700. The molecule has 0 radical (unpaired) electrons. The highest BCUT2D eigenvalue weighted by Crippen LogP contribution is 2.15. The Morgan fingerprint density at radius 2 is 2.00 bits per heavy atom. The van der Waals surface area contributed by atoms with Crippen LogP contribution in [0.2, 0.25) is 0 Å². The van der Waals surface area contributed by atoms with Crippen LogP contribution >= 0.6 is 0 Å². The maximum Gasteiger partial charge on any atom is 0.347 e. The van der Waals surface area contributed by atoms with Crippen molar-refractivity contribution in [3.8, 4) is 11.4 Å². The van der Waals surface area contributed by atoms with E-state index in [0.29, 0.717) is 6.54 Å². The van der Waals surface area contributed by atoms with E-state index in [1.165, 1.54) is 0 Å². The van der Waals surface area contributed by atoms with E-state index in [4.69, 9.17) is 10.5 Å². The molecular formula is C14H20N4O2. The number of hydrogen-bond acceptors (Lipinski definition) is 4. The van der Waals surface area contributed by atoms with Crippen LogP contribution in [0.25, 0.3) is 5.69 Å². The first-order chi connectivity index (χ1) is 9.76. The molecule has 0 unspecified atom stereocenters. The molecule has 0 aliphatic heterocycles. The number of ether oxygens (including phenoxy) is 1. The first-order valence-corrected chi connectivity index (χ1v) is 6.77. The number of nitrogens with one attached hydrogen (secondary N) is 1. The Balaban J connectivity index is 2.17. The zero-order valence-corrected chi connectivity index (χ0v) is 11.6. The molecule has 3 N–H and O–H groups in total. The second kappa shape index (κ2) is 6.91. The van der Waals surface area contributed by atoms with Gasteiger partial charge in [-0.2, -0.15) is 5.10 Å². The maximum atomic E-state index is 11.9. The van der Waals surface area contributed by atoms with Crippen molar-refractivity contribution in [1.82, 2.24) is 14.8 Å². The molecule has 0 aliphatic rings. The molecule has 0 fully saturated rings. The predicted molar refractivity (Wildman–Crippen MR) is 77.3 cm³/mol. The van der Waals surface area contributed by atoms with Gasteiger partial charge in [0.05, 0.1) is 12.8 Å². The van der Waals surface area contributed by atoms with Gasteiger partial charge in [0, 0.05) is 6.42 Å². The van der Waals surface area contributed by atoms with Gasteiger partial charge in [0.15, 0.2) is 0 Å². The van der Waals surface area contributed by atoms with Gasteiger partial charge in [0.2, 0.25) is 0 Å². The van der Waals surface area contributed by atoms with E-state index in [1.807, 2.05) is 24.3 Å². The zero-order chi connectivity index (χ0) is 14.4. The minimum atomic E-state index is -0.219. The van der Waals surface area contributed by atoms with Crippen LogP contribution in [0.1, 0.15) is 25.1 Å². The highest BCUT2D eigenvalue weighted by molar-refractivity contribution is 5.37. The average molecular weight is 276 g/mol. The van der Waals surface area contributed by atoms with E-state index in [0.717, 1.165) is 42.9 Å². The number of nitrogens with two attached hydrogens (primary N) is 1. The first kappa shape index (κ1) is 14.3. The molecule has 0 atom stereocenters. The molecule has 108 valence electrons. The number of aromatic amines is 1. The zero-order valence-electron chi connectivity index (χ0n) is 11.6. The molecule has 1 heterocycles. The van der Waals surface area contributed by atoms with E-state index in [-0.39, 0.29) is 5.69 Å². The molecule has 1 aromatic heterocycles. The third-order valence-corrected chi connectivity index (χ3v) is 3.18. The van der Waals surface area contributed by atoms with Crippen molar-refractivity contribution in [2.45, 2.75) is 25.7 Å². The number of aryl methyl sites for hydroxylation is 1. The number of benzene rings is 1. The molecule has 0 aliphatic carbocycles. The third-order valence-electron chi connectivity index (χ3n) is 3.18. The normalized spacial score (nSPS) is 10.7. The van der Waals surface area contributed by atoms with Gasteiger partial charge in [-0.1, -0.05) is 6.42 Å². The van der Waals surface area contributed by atoms with Gasteiger partial charge in [-0.15, -0.1) is 0 Å². The third kappa shape index (κ3) is 3.27. The summed E-state index contributed by atoms with van der Waals surface area (Å²) in [4.78, 5) is 11.9. The minimum absolute atomic E-state index is 0.219. The van der Waals surface area contributed by atoms with Crippen molar-refractivity contribution in [3.63, 3.8) is 0 Å². The van der Waals surface area contributed by atoms with Crippen molar-refractivity contribution in [3.05, 3.63) is 40.6 Å². The molecule has 6 nitrogen and oxygen atoms in total. The summed E-state index contributed by atoms with van der Waals surface area (Å²) >= 11 is 0. The number of H-pyrrole nitrogens is 1. The van der Waals surface area contributed by atoms with Crippen LogP contribution in [0, 0.1) is 0 Å². The van der Waals surface area contributed by atoms with Crippen LogP contribution in [-0.4, -0.2) is 28.4 Å². The fourth-order valence-corrected chi connectivity index (χ4v) is 2.10. The van der Waals surface area contributed by atoms with Gasteiger partial charge in [-0.05, 0) is 43.7 Å². The summed E-state index contributed by atoms with van der Waals surface area (Å²) in [6, 6.07) is 7.35. The van der Waals surface area contributed by atoms with Crippen molar-refractivity contribution >= 4 is 0 Å². The molecule has 0 saturated heterocycles. The van der Waals surface area contributed by atoms with Crippen molar-refractivity contribution in [1.29, 1.82) is 0 Å². The largest absolute Gasteiger partial charge is 0.497 e. The molecular weight excluding hydrogens is 256 g/mol. The Kier molecular flexibility index (Phi) is 4.95. The lowest BCUT2D eigenvalue weighted by Crippen LogP contribution is -2.17. The van der Waals surface area contributed by atoms with E-state index in [1.54, 1.807) is 11.7 Å². The fourth-order valence-electron chi connectivity index (χ4n) is 2.10. The number of rotatable bonds is 7. The maximum absolute atomic E-state index is 11.9. The van der Waals surface area contributed by atoms with E-state index >= 15 is 0 Å². The molecule has 20 heavy (non-hydrogen) atoms.